The first-order valence-electron chi connectivity index (χ1n) is 9.09. The molecule has 132 valence electrons. The Kier molecular flexibility index (Phi) is 3.51. The van der Waals surface area contributed by atoms with E-state index >= 15 is 0 Å². The number of Topliss-reactive ketones (excluding diaryl/α,β-unsaturated/α-hetero) is 1. The molecule has 0 N–H and O–H groups in total. The molecule has 1 saturated carbocycles. The monoisotopic (exact) mass is 349 g/mol. The molecule has 0 bridgehead atoms. The average Bonchev–Trinajstić information content (AvgIpc) is 3.05. The minimum Gasteiger partial charge on any atom is -0.440 e. The van der Waals surface area contributed by atoms with Gasteiger partial charge in [-0.25, -0.2) is 4.98 Å². The van der Waals surface area contributed by atoms with E-state index in [0.717, 1.165) is 37.1 Å². The molecule has 6 heteroatoms. The average molecular weight is 349 g/mol. The lowest BCUT2D eigenvalue weighted by molar-refractivity contribution is 0.0945. The predicted molar refractivity (Wildman–Crippen MR) is 93.0 cm³/mol. The molecule has 0 radical (unpaired) electrons. The molecule has 2 aliphatic carbocycles. The summed E-state index contributed by atoms with van der Waals surface area (Å²) >= 11 is 0. The zero-order valence-corrected chi connectivity index (χ0v) is 14.6. The Morgan fingerprint density at radius 2 is 2.15 bits per heavy atom. The van der Waals surface area contributed by atoms with Crippen LogP contribution in [0.25, 0.3) is 11.4 Å². The number of benzene rings is 1. The number of nitrogens with zero attached hydrogens (tertiary/aromatic N) is 3. The molecule has 0 aliphatic heterocycles. The molecule has 2 heterocycles. The van der Waals surface area contributed by atoms with Crippen LogP contribution < -0.4 is 0 Å². The van der Waals surface area contributed by atoms with Gasteiger partial charge in [0.1, 0.15) is 0 Å². The maximum atomic E-state index is 12.5. The minimum absolute atomic E-state index is 0.0224. The number of fused-ring (bicyclic) bond motifs is 1. The molecule has 1 aromatic carbocycles. The molecule has 5 rings (SSSR count). The van der Waals surface area contributed by atoms with Gasteiger partial charge in [-0.2, -0.15) is 4.98 Å². The molecular formula is C20H19N3O3. The van der Waals surface area contributed by atoms with Crippen LogP contribution in [0.1, 0.15) is 70.8 Å². The van der Waals surface area contributed by atoms with E-state index in [4.69, 9.17) is 8.94 Å². The summed E-state index contributed by atoms with van der Waals surface area (Å²) in [5, 5.41) is 4.12. The van der Waals surface area contributed by atoms with E-state index in [2.05, 4.69) is 27.3 Å². The van der Waals surface area contributed by atoms with E-state index in [1.54, 1.807) is 6.92 Å². The fraction of sp³-hybridized carbons (Fsp3) is 0.400. The fourth-order valence-corrected chi connectivity index (χ4v) is 3.79. The molecule has 1 atom stereocenters. The Morgan fingerprint density at radius 1 is 1.27 bits per heavy atom. The second-order valence-electron chi connectivity index (χ2n) is 7.27. The number of carbonyl (C=O) groups is 1. The van der Waals surface area contributed by atoms with Crippen molar-refractivity contribution >= 4 is 5.78 Å². The number of ketones is 1. The second-order valence-corrected chi connectivity index (χ2v) is 7.27. The quantitative estimate of drug-likeness (QED) is 0.642. The van der Waals surface area contributed by atoms with Crippen LogP contribution in [-0.4, -0.2) is 20.9 Å². The molecule has 0 spiro atoms. The Hall–Kier alpha value is -2.76. The number of rotatable bonds is 5. The van der Waals surface area contributed by atoms with Gasteiger partial charge >= 0.3 is 0 Å². The highest BCUT2D eigenvalue weighted by Crippen LogP contribution is 2.41. The third-order valence-electron chi connectivity index (χ3n) is 5.40. The Balaban J connectivity index is 1.36. The Labute approximate surface area is 150 Å². The molecule has 3 aromatic rings. The van der Waals surface area contributed by atoms with Gasteiger partial charge in [-0.15, -0.1) is 0 Å². The first-order valence-corrected chi connectivity index (χ1v) is 9.09. The summed E-state index contributed by atoms with van der Waals surface area (Å²) in [5.41, 5.74) is 4.15. The standard InChI is InChI=1S/C20H19N3O3/c1-11-18(25-10-21-11)17(24)9-14-5-4-13-8-15(6-7-16(13)14)19-22-20(26-23-19)12-2-3-12/h6-8,10,12,14H,2-5,9H2,1H3/t14-/m0/s1. The van der Waals surface area contributed by atoms with Gasteiger partial charge in [0.05, 0.1) is 5.69 Å². The third-order valence-corrected chi connectivity index (χ3v) is 5.40. The zero-order chi connectivity index (χ0) is 17.7. The summed E-state index contributed by atoms with van der Waals surface area (Å²) in [6.07, 6.45) is 6.01. The summed E-state index contributed by atoms with van der Waals surface area (Å²) in [6, 6.07) is 6.28. The van der Waals surface area contributed by atoms with Crippen molar-refractivity contribution < 1.29 is 13.7 Å². The number of oxazole rings is 1. The summed E-state index contributed by atoms with van der Waals surface area (Å²) in [7, 11) is 0. The largest absolute Gasteiger partial charge is 0.440 e. The number of carbonyl (C=O) groups excluding carboxylic acids is 1. The van der Waals surface area contributed by atoms with Crippen LogP contribution in [0.2, 0.25) is 0 Å². The molecule has 0 amide bonds. The second kappa shape index (κ2) is 5.90. The maximum absolute atomic E-state index is 12.5. The van der Waals surface area contributed by atoms with Crippen molar-refractivity contribution in [3.05, 3.63) is 53.1 Å². The third kappa shape index (κ3) is 2.66. The lowest BCUT2D eigenvalue weighted by atomic mass is 9.94. The molecular weight excluding hydrogens is 330 g/mol. The summed E-state index contributed by atoms with van der Waals surface area (Å²) in [5.74, 6) is 2.51. The van der Waals surface area contributed by atoms with E-state index in [9.17, 15) is 4.79 Å². The number of hydrogen-bond donors (Lipinski definition) is 0. The van der Waals surface area contributed by atoms with E-state index in [-0.39, 0.29) is 11.7 Å². The first kappa shape index (κ1) is 15.5. The molecule has 0 saturated heterocycles. The highest BCUT2D eigenvalue weighted by atomic mass is 16.5. The van der Waals surface area contributed by atoms with Crippen LogP contribution in [0.3, 0.4) is 0 Å². The van der Waals surface area contributed by atoms with Crippen molar-refractivity contribution in [3.8, 4) is 11.4 Å². The van der Waals surface area contributed by atoms with Gasteiger partial charge in [-0.1, -0.05) is 17.3 Å². The van der Waals surface area contributed by atoms with Gasteiger partial charge in [-0.05, 0) is 55.7 Å². The van der Waals surface area contributed by atoms with Crippen LogP contribution in [0, 0.1) is 6.92 Å². The lowest BCUT2D eigenvalue weighted by Crippen LogP contribution is -2.06. The van der Waals surface area contributed by atoms with Crippen molar-refractivity contribution in [2.45, 2.75) is 50.9 Å². The maximum Gasteiger partial charge on any atom is 0.230 e. The SMILES string of the molecule is Cc1ncoc1C(=O)C[C@@H]1CCc2cc(-c3noc(C4CC4)n3)ccc21. The number of aryl methyl sites for hydroxylation is 2. The fourth-order valence-electron chi connectivity index (χ4n) is 3.79. The highest BCUT2D eigenvalue weighted by Gasteiger charge is 2.30. The van der Waals surface area contributed by atoms with E-state index in [1.165, 1.54) is 17.5 Å². The summed E-state index contributed by atoms with van der Waals surface area (Å²) in [4.78, 5) is 21.0. The van der Waals surface area contributed by atoms with E-state index in [1.807, 2.05) is 6.07 Å². The van der Waals surface area contributed by atoms with Crippen LogP contribution in [0.5, 0.6) is 0 Å². The topological polar surface area (TPSA) is 82.0 Å². The molecule has 2 aliphatic rings. The van der Waals surface area contributed by atoms with Crippen molar-refractivity contribution in [2.24, 2.45) is 0 Å². The smallest absolute Gasteiger partial charge is 0.230 e. The number of hydrogen-bond acceptors (Lipinski definition) is 6. The van der Waals surface area contributed by atoms with Gasteiger partial charge in [0.25, 0.3) is 0 Å². The van der Waals surface area contributed by atoms with Crippen LogP contribution >= 0.6 is 0 Å². The van der Waals surface area contributed by atoms with Crippen molar-refractivity contribution in [3.63, 3.8) is 0 Å². The van der Waals surface area contributed by atoms with Crippen LogP contribution in [0.4, 0.5) is 0 Å². The molecule has 2 aromatic heterocycles. The van der Waals surface area contributed by atoms with E-state index in [0.29, 0.717) is 29.6 Å². The van der Waals surface area contributed by atoms with Gasteiger partial charge in [0.2, 0.25) is 17.5 Å². The molecule has 1 fully saturated rings. The lowest BCUT2D eigenvalue weighted by Gasteiger charge is -2.10. The normalized spacial score (nSPS) is 18.9. The Bertz CT molecular complexity index is 984. The predicted octanol–water partition coefficient (Wildman–Crippen LogP) is 4.21. The minimum atomic E-state index is 0.0224. The van der Waals surface area contributed by atoms with Crippen LogP contribution in [-0.2, 0) is 6.42 Å². The molecule has 6 nitrogen and oxygen atoms in total. The Morgan fingerprint density at radius 3 is 2.92 bits per heavy atom. The van der Waals surface area contributed by atoms with Crippen molar-refractivity contribution in [1.82, 2.24) is 15.1 Å². The van der Waals surface area contributed by atoms with Gasteiger partial charge in [-0.3, -0.25) is 4.79 Å². The molecule has 0 unspecified atom stereocenters. The zero-order valence-electron chi connectivity index (χ0n) is 14.6. The molecule has 26 heavy (non-hydrogen) atoms. The summed E-state index contributed by atoms with van der Waals surface area (Å²) in [6.45, 7) is 1.80. The van der Waals surface area contributed by atoms with Gasteiger partial charge in [0.15, 0.2) is 12.2 Å². The van der Waals surface area contributed by atoms with Crippen LogP contribution in [0.15, 0.2) is 33.5 Å². The van der Waals surface area contributed by atoms with Gasteiger partial charge < -0.3 is 8.94 Å². The van der Waals surface area contributed by atoms with E-state index < -0.39 is 0 Å². The highest BCUT2D eigenvalue weighted by molar-refractivity contribution is 5.94. The summed E-state index contributed by atoms with van der Waals surface area (Å²) < 4.78 is 10.6. The number of aromatic nitrogens is 3. The van der Waals surface area contributed by atoms with Crippen molar-refractivity contribution in [2.75, 3.05) is 0 Å². The first-order chi connectivity index (χ1) is 12.7. The van der Waals surface area contributed by atoms with Crippen molar-refractivity contribution in [1.29, 1.82) is 0 Å². The van der Waals surface area contributed by atoms with Gasteiger partial charge in [0, 0.05) is 17.9 Å².